The largest absolute Gasteiger partial charge is 0.462 e. The van der Waals surface area contributed by atoms with Gasteiger partial charge in [0.05, 0.1) is 23.6 Å². The molecule has 2 aromatic rings. The van der Waals surface area contributed by atoms with Crippen molar-refractivity contribution in [3.8, 4) is 0 Å². The quantitative estimate of drug-likeness (QED) is 0.791. The Labute approximate surface area is 136 Å². The van der Waals surface area contributed by atoms with Crippen molar-refractivity contribution < 1.29 is 17.9 Å². The number of hydrogen-bond donors (Lipinski definition) is 1. The summed E-state index contributed by atoms with van der Waals surface area (Å²) in [5.74, 6) is -0.609. The Hall–Kier alpha value is -2.34. The standard InChI is InChI=1S/C17H19NO4S/c1-2-22-17(19)15-10-6-7-11-16(15)18-23(20,21)13-12-14-8-4-3-5-9-14/h3-11,18H,2,12-13H2,1H3. The predicted molar refractivity (Wildman–Crippen MR) is 90.0 cm³/mol. The Kier molecular flexibility index (Phi) is 5.76. The first kappa shape index (κ1) is 17.0. The Bertz CT molecular complexity index is 757. The molecule has 0 aromatic heterocycles. The number of benzene rings is 2. The second kappa shape index (κ2) is 7.78. The number of para-hydroxylation sites is 1. The lowest BCUT2D eigenvalue weighted by atomic mass is 10.2. The van der Waals surface area contributed by atoms with Gasteiger partial charge in [0, 0.05) is 0 Å². The lowest BCUT2D eigenvalue weighted by Crippen LogP contribution is -2.20. The number of carbonyl (C=O) groups excluding carboxylic acids is 1. The molecule has 122 valence electrons. The van der Waals surface area contributed by atoms with Crippen LogP contribution >= 0.6 is 0 Å². The first-order valence-electron chi connectivity index (χ1n) is 7.32. The third-order valence-corrected chi connectivity index (χ3v) is 4.46. The SMILES string of the molecule is CCOC(=O)c1ccccc1NS(=O)(=O)CCc1ccccc1. The van der Waals surface area contributed by atoms with Crippen LogP contribution < -0.4 is 4.72 Å². The fourth-order valence-electron chi connectivity index (χ4n) is 2.07. The molecule has 0 aliphatic carbocycles. The molecule has 0 amide bonds. The highest BCUT2D eigenvalue weighted by molar-refractivity contribution is 7.92. The minimum absolute atomic E-state index is 0.0613. The molecule has 0 unspecified atom stereocenters. The number of anilines is 1. The van der Waals surface area contributed by atoms with Gasteiger partial charge in [-0.05, 0) is 31.0 Å². The van der Waals surface area contributed by atoms with E-state index in [2.05, 4.69) is 4.72 Å². The molecule has 0 aliphatic rings. The van der Waals surface area contributed by atoms with Crippen molar-refractivity contribution in [2.45, 2.75) is 13.3 Å². The zero-order valence-corrected chi connectivity index (χ0v) is 13.7. The van der Waals surface area contributed by atoms with Gasteiger partial charge >= 0.3 is 5.97 Å². The van der Waals surface area contributed by atoms with Gasteiger partial charge in [-0.15, -0.1) is 0 Å². The van der Waals surface area contributed by atoms with Crippen molar-refractivity contribution in [2.24, 2.45) is 0 Å². The molecule has 2 aromatic carbocycles. The van der Waals surface area contributed by atoms with Crippen LogP contribution in [0.2, 0.25) is 0 Å². The number of esters is 1. The van der Waals surface area contributed by atoms with Gasteiger partial charge in [0.2, 0.25) is 10.0 Å². The highest BCUT2D eigenvalue weighted by atomic mass is 32.2. The molecular formula is C17H19NO4S. The molecular weight excluding hydrogens is 314 g/mol. The van der Waals surface area contributed by atoms with Crippen LogP contribution in [0.1, 0.15) is 22.8 Å². The van der Waals surface area contributed by atoms with Crippen LogP contribution in [0.5, 0.6) is 0 Å². The number of carbonyl (C=O) groups is 1. The zero-order valence-electron chi connectivity index (χ0n) is 12.9. The van der Waals surface area contributed by atoms with E-state index >= 15 is 0 Å². The maximum Gasteiger partial charge on any atom is 0.340 e. The summed E-state index contributed by atoms with van der Waals surface area (Å²) in [5.41, 5.74) is 1.38. The molecule has 0 bridgehead atoms. The van der Waals surface area contributed by atoms with E-state index in [4.69, 9.17) is 4.74 Å². The molecule has 23 heavy (non-hydrogen) atoms. The van der Waals surface area contributed by atoms with Crippen molar-refractivity contribution in [3.05, 3.63) is 65.7 Å². The summed E-state index contributed by atoms with van der Waals surface area (Å²) in [6, 6.07) is 15.8. The van der Waals surface area contributed by atoms with Crippen LogP contribution in [0.4, 0.5) is 5.69 Å². The van der Waals surface area contributed by atoms with Gasteiger partial charge in [-0.1, -0.05) is 42.5 Å². The fraction of sp³-hybridized carbons (Fsp3) is 0.235. The predicted octanol–water partition coefficient (Wildman–Crippen LogP) is 2.85. The number of nitrogens with one attached hydrogen (secondary N) is 1. The van der Waals surface area contributed by atoms with Gasteiger partial charge in [0.25, 0.3) is 0 Å². The molecule has 0 fully saturated rings. The normalized spacial score (nSPS) is 11.0. The van der Waals surface area contributed by atoms with Crippen LogP contribution in [0.25, 0.3) is 0 Å². The minimum Gasteiger partial charge on any atom is -0.462 e. The summed E-state index contributed by atoms with van der Waals surface area (Å²) in [5, 5.41) is 0. The van der Waals surface area contributed by atoms with E-state index in [9.17, 15) is 13.2 Å². The number of hydrogen-bond acceptors (Lipinski definition) is 4. The molecule has 1 N–H and O–H groups in total. The summed E-state index contributed by atoms with van der Waals surface area (Å²) in [6.07, 6.45) is 0.401. The van der Waals surface area contributed by atoms with Crippen LogP contribution in [-0.2, 0) is 21.2 Å². The number of sulfonamides is 1. The van der Waals surface area contributed by atoms with Gasteiger partial charge < -0.3 is 4.74 Å². The topological polar surface area (TPSA) is 72.5 Å². The smallest absolute Gasteiger partial charge is 0.340 e. The molecule has 5 nitrogen and oxygen atoms in total. The van der Waals surface area contributed by atoms with Gasteiger partial charge in [-0.2, -0.15) is 0 Å². The van der Waals surface area contributed by atoms with Crippen LogP contribution in [-0.4, -0.2) is 26.7 Å². The number of rotatable bonds is 7. The van der Waals surface area contributed by atoms with Crippen molar-refractivity contribution in [1.29, 1.82) is 0 Å². The second-order valence-corrected chi connectivity index (χ2v) is 6.76. The van der Waals surface area contributed by atoms with Gasteiger partial charge in [-0.3, -0.25) is 4.72 Å². The highest BCUT2D eigenvalue weighted by Gasteiger charge is 2.17. The van der Waals surface area contributed by atoms with Gasteiger partial charge in [0.1, 0.15) is 0 Å². The molecule has 0 atom stereocenters. The van der Waals surface area contributed by atoms with Gasteiger partial charge in [0.15, 0.2) is 0 Å². The molecule has 0 spiro atoms. The van der Waals surface area contributed by atoms with E-state index < -0.39 is 16.0 Å². The molecule has 0 heterocycles. The molecule has 6 heteroatoms. The van der Waals surface area contributed by atoms with E-state index in [1.54, 1.807) is 25.1 Å². The summed E-state index contributed by atoms with van der Waals surface area (Å²) in [6.45, 7) is 1.93. The Morgan fingerprint density at radius 1 is 1.04 bits per heavy atom. The van der Waals surface area contributed by atoms with Crippen molar-refractivity contribution >= 4 is 21.7 Å². The third-order valence-electron chi connectivity index (χ3n) is 3.19. The van der Waals surface area contributed by atoms with Crippen LogP contribution in [0, 0.1) is 0 Å². The van der Waals surface area contributed by atoms with E-state index in [1.807, 2.05) is 30.3 Å². The average Bonchev–Trinajstić information content (AvgIpc) is 2.54. The minimum atomic E-state index is -3.56. The first-order valence-corrected chi connectivity index (χ1v) is 8.97. The lowest BCUT2D eigenvalue weighted by Gasteiger charge is -2.12. The fourth-order valence-corrected chi connectivity index (χ4v) is 3.19. The average molecular weight is 333 g/mol. The van der Waals surface area contributed by atoms with Crippen molar-refractivity contribution in [2.75, 3.05) is 17.1 Å². The van der Waals surface area contributed by atoms with Crippen LogP contribution in [0.3, 0.4) is 0 Å². The monoisotopic (exact) mass is 333 g/mol. The Morgan fingerprint density at radius 3 is 2.39 bits per heavy atom. The number of aryl methyl sites for hydroxylation is 1. The molecule has 2 rings (SSSR count). The molecule has 0 saturated heterocycles. The first-order chi connectivity index (χ1) is 11.0. The summed E-state index contributed by atoms with van der Waals surface area (Å²) >= 11 is 0. The summed E-state index contributed by atoms with van der Waals surface area (Å²) in [7, 11) is -3.56. The highest BCUT2D eigenvalue weighted by Crippen LogP contribution is 2.18. The third kappa shape index (κ3) is 5.10. The lowest BCUT2D eigenvalue weighted by molar-refractivity contribution is 0.0527. The molecule has 0 aliphatic heterocycles. The van der Waals surface area contributed by atoms with Crippen molar-refractivity contribution in [3.63, 3.8) is 0 Å². The van der Waals surface area contributed by atoms with E-state index in [0.717, 1.165) is 5.56 Å². The summed E-state index contributed by atoms with van der Waals surface area (Å²) < 4.78 is 31.9. The van der Waals surface area contributed by atoms with E-state index in [1.165, 1.54) is 6.07 Å². The second-order valence-electron chi connectivity index (χ2n) is 4.92. The maximum atomic E-state index is 12.2. The van der Waals surface area contributed by atoms with Crippen molar-refractivity contribution in [1.82, 2.24) is 0 Å². The van der Waals surface area contributed by atoms with E-state index in [0.29, 0.717) is 6.42 Å². The maximum absolute atomic E-state index is 12.2. The molecule has 0 saturated carbocycles. The molecule has 0 radical (unpaired) electrons. The summed E-state index contributed by atoms with van der Waals surface area (Å²) in [4.78, 5) is 11.9. The van der Waals surface area contributed by atoms with Gasteiger partial charge in [-0.25, -0.2) is 13.2 Å². The van der Waals surface area contributed by atoms with Crippen LogP contribution in [0.15, 0.2) is 54.6 Å². The Balaban J connectivity index is 2.10. The van der Waals surface area contributed by atoms with E-state index in [-0.39, 0.29) is 23.6 Å². The Morgan fingerprint density at radius 2 is 1.70 bits per heavy atom. The number of ether oxygens (including phenoxy) is 1. The zero-order chi connectivity index (χ0) is 16.7.